The summed E-state index contributed by atoms with van der Waals surface area (Å²) >= 11 is 0. The molecule has 0 unspecified atom stereocenters. The smallest absolute Gasteiger partial charge is 0.235 e. The largest absolute Gasteiger partial charge is 0.310 e. The highest BCUT2D eigenvalue weighted by atomic mass is 32.2. The molecule has 29 heavy (non-hydrogen) atoms. The molecule has 0 saturated heterocycles. The van der Waals surface area contributed by atoms with Gasteiger partial charge in [0.25, 0.3) is 0 Å². The van der Waals surface area contributed by atoms with E-state index in [0.29, 0.717) is 36.3 Å². The third-order valence-electron chi connectivity index (χ3n) is 5.10. The van der Waals surface area contributed by atoms with Crippen LogP contribution in [0.15, 0.2) is 42.5 Å². The molecule has 0 aliphatic carbocycles. The average molecular weight is 412 g/mol. The summed E-state index contributed by atoms with van der Waals surface area (Å²) in [5, 5.41) is 8.32. The van der Waals surface area contributed by atoms with Gasteiger partial charge in [-0.05, 0) is 62.4 Å². The second kappa shape index (κ2) is 8.66. The van der Waals surface area contributed by atoms with Crippen LogP contribution in [0, 0.1) is 11.3 Å². The Kier molecular flexibility index (Phi) is 6.23. The molecule has 0 bridgehead atoms. The molecule has 152 valence electrons. The first-order chi connectivity index (χ1) is 13.8. The van der Waals surface area contributed by atoms with Crippen LogP contribution in [-0.4, -0.2) is 26.1 Å². The van der Waals surface area contributed by atoms with Crippen molar-refractivity contribution in [3.8, 4) is 6.07 Å². The second-order valence-electron chi connectivity index (χ2n) is 7.47. The van der Waals surface area contributed by atoms with Crippen LogP contribution in [-0.2, 0) is 27.7 Å². The molecule has 1 aliphatic heterocycles. The predicted octanol–water partition coefficient (Wildman–Crippen LogP) is 3.62. The van der Waals surface area contributed by atoms with Crippen LogP contribution in [0.1, 0.15) is 43.4 Å². The lowest BCUT2D eigenvalue weighted by Crippen LogP contribution is -2.36. The number of hydrogen-bond donors (Lipinski definition) is 1. The van der Waals surface area contributed by atoms with Crippen LogP contribution in [0.5, 0.6) is 0 Å². The van der Waals surface area contributed by atoms with E-state index < -0.39 is 15.3 Å². The van der Waals surface area contributed by atoms with Gasteiger partial charge in [-0.3, -0.25) is 9.52 Å². The van der Waals surface area contributed by atoms with Gasteiger partial charge in [-0.15, -0.1) is 0 Å². The van der Waals surface area contributed by atoms with E-state index in [1.165, 1.54) is 0 Å². The van der Waals surface area contributed by atoms with Gasteiger partial charge in [0.2, 0.25) is 15.9 Å². The maximum atomic E-state index is 13.0. The number of nitrogens with zero attached hydrogens (tertiary/aromatic N) is 2. The topological polar surface area (TPSA) is 90.3 Å². The summed E-state index contributed by atoms with van der Waals surface area (Å²) in [7, 11) is -3.51. The first-order valence-electron chi connectivity index (χ1n) is 9.75. The van der Waals surface area contributed by atoms with Crippen LogP contribution in [0.25, 0.3) is 0 Å². The van der Waals surface area contributed by atoms with E-state index in [2.05, 4.69) is 10.8 Å². The molecular weight excluding hydrogens is 386 g/mol. The van der Waals surface area contributed by atoms with E-state index in [9.17, 15) is 13.2 Å². The van der Waals surface area contributed by atoms with Gasteiger partial charge >= 0.3 is 0 Å². The molecule has 1 aliphatic rings. The number of sulfonamides is 1. The number of aryl methyl sites for hydroxylation is 2. The summed E-state index contributed by atoms with van der Waals surface area (Å²) in [6.45, 7) is 3.82. The highest BCUT2D eigenvalue weighted by molar-refractivity contribution is 7.93. The highest BCUT2D eigenvalue weighted by Crippen LogP contribution is 2.36. The lowest BCUT2D eigenvalue weighted by molar-refractivity contribution is -0.118. The number of nitrogens with one attached hydrogen (secondary N) is 1. The van der Waals surface area contributed by atoms with Gasteiger partial charge < -0.3 is 4.90 Å². The van der Waals surface area contributed by atoms with Gasteiger partial charge in [0.1, 0.15) is 0 Å². The minimum Gasteiger partial charge on any atom is -0.310 e. The first kappa shape index (κ1) is 20.9. The molecular formula is C22H25N3O3S. The Hall–Kier alpha value is -2.85. The fourth-order valence-corrected chi connectivity index (χ4v) is 4.09. The van der Waals surface area contributed by atoms with Crippen molar-refractivity contribution in [2.45, 2.75) is 44.8 Å². The van der Waals surface area contributed by atoms with Gasteiger partial charge in [-0.2, -0.15) is 5.26 Å². The third-order valence-corrected chi connectivity index (χ3v) is 6.85. The number of anilines is 2. The zero-order chi connectivity index (χ0) is 21.0. The normalized spacial score (nSPS) is 13.7. The molecule has 2 aromatic carbocycles. The van der Waals surface area contributed by atoms with E-state index in [4.69, 9.17) is 5.26 Å². The van der Waals surface area contributed by atoms with Crippen LogP contribution in [0.4, 0.5) is 11.4 Å². The highest BCUT2D eigenvalue weighted by Gasteiger charge is 2.27. The Morgan fingerprint density at radius 2 is 1.93 bits per heavy atom. The second-order valence-corrected chi connectivity index (χ2v) is 9.70. The minimum absolute atomic E-state index is 0.0356. The standard InChI is InChI=1S/C22H25N3O3S/c1-16(2)29(27,28)24-20-7-3-5-19-6-4-14-25(22(19)20)21(26)13-12-17-8-10-18(15-23)11-9-17/h3,5,7-11,16,24H,4,6,12-14H2,1-2H3. The molecule has 1 heterocycles. The monoisotopic (exact) mass is 411 g/mol. The van der Waals surface area contributed by atoms with Crippen molar-refractivity contribution in [3.05, 3.63) is 59.2 Å². The number of amides is 1. The number of para-hydroxylation sites is 1. The number of hydrogen-bond acceptors (Lipinski definition) is 4. The summed E-state index contributed by atoms with van der Waals surface area (Å²) in [5.74, 6) is -0.0356. The van der Waals surface area contributed by atoms with Crippen molar-refractivity contribution in [3.63, 3.8) is 0 Å². The molecule has 0 radical (unpaired) electrons. The Bertz CT molecular complexity index is 1040. The zero-order valence-electron chi connectivity index (χ0n) is 16.7. The lowest BCUT2D eigenvalue weighted by atomic mass is 9.99. The van der Waals surface area contributed by atoms with E-state index in [-0.39, 0.29) is 5.91 Å². The van der Waals surface area contributed by atoms with Crippen molar-refractivity contribution in [1.82, 2.24) is 0 Å². The molecule has 7 heteroatoms. The minimum atomic E-state index is -3.51. The maximum absolute atomic E-state index is 13.0. The van der Waals surface area contributed by atoms with Crippen molar-refractivity contribution in [1.29, 1.82) is 5.26 Å². The lowest BCUT2D eigenvalue weighted by Gasteiger charge is -2.32. The van der Waals surface area contributed by atoms with Gasteiger partial charge in [-0.1, -0.05) is 24.3 Å². The fraction of sp³-hybridized carbons (Fsp3) is 0.364. The van der Waals surface area contributed by atoms with Crippen molar-refractivity contribution in [2.75, 3.05) is 16.2 Å². The number of carbonyl (C=O) groups is 1. The van der Waals surface area contributed by atoms with Crippen LogP contribution in [0.3, 0.4) is 0 Å². The predicted molar refractivity (Wildman–Crippen MR) is 114 cm³/mol. The quantitative estimate of drug-likeness (QED) is 0.786. The Labute approximate surface area is 172 Å². The molecule has 0 spiro atoms. The van der Waals surface area contributed by atoms with E-state index in [0.717, 1.165) is 24.0 Å². The number of nitriles is 1. The molecule has 1 amide bonds. The summed E-state index contributed by atoms with van der Waals surface area (Å²) in [6, 6.07) is 14.8. The third kappa shape index (κ3) is 4.77. The van der Waals surface area contributed by atoms with Crippen molar-refractivity contribution >= 4 is 27.3 Å². The number of fused-ring (bicyclic) bond motifs is 1. The average Bonchev–Trinajstić information content (AvgIpc) is 2.71. The van der Waals surface area contributed by atoms with Gasteiger partial charge in [-0.25, -0.2) is 8.42 Å². The van der Waals surface area contributed by atoms with E-state index in [1.807, 2.05) is 24.3 Å². The molecule has 2 aromatic rings. The van der Waals surface area contributed by atoms with Gasteiger partial charge in [0.05, 0.1) is 28.3 Å². The number of benzene rings is 2. The molecule has 0 atom stereocenters. The van der Waals surface area contributed by atoms with Crippen LogP contribution >= 0.6 is 0 Å². The molecule has 0 aromatic heterocycles. The van der Waals surface area contributed by atoms with E-state index in [1.54, 1.807) is 36.9 Å². The maximum Gasteiger partial charge on any atom is 0.235 e. The van der Waals surface area contributed by atoms with Gasteiger partial charge in [0, 0.05) is 13.0 Å². The van der Waals surface area contributed by atoms with Crippen LogP contribution in [0.2, 0.25) is 0 Å². The Balaban J connectivity index is 1.81. The van der Waals surface area contributed by atoms with E-state index >= 15 is 0 Å². The molecule has 1 N–H and O–H groups in total. The van der Waals surface area contributed by atoms with Crippen molar-refractivity contribution in [2.24, 2.45) is 0 Å². The summed E-state index contributed by atoms with van der Waals surface area (Å²) in [5.41, 5.74) is 3.69. The van der Waals surface area contributed by atoms with Crippen molar-refractivity contribution < 1.29 is 13.2 Å². The summed E-state index contributed by atoms with van der Waals surface area (Å²) in [4.78, 5) is 14.7. The summed E-state index contributed by atoms with van der Waals surface area (Å²) < 4.78 is 27.4. The number of rotatable bonds is 6. The Morgan fingerprint density at radius 3 is 2.59 bits per heavy atom. The molecule has 6 nitrogen and oxygen atoms in total. The SMILES string of the molecule is CC(C)S(=O)(=O)Nc1cccc2c1N(C(=O)CCc1ccc(C#N)cc1)CCC2. The first-order valence-corrected chi connectivity index (χ1v) is 11.3. The van der Waals surface area contributed by atoms with Gasteiger partial charge in [0.15, 0.2) is 0 Å². The molecule has 0 fully saturated rings. The zero-order valence-corrected chi connectivity index (χ0v) is 17.5. The fourth-order valence-electron chi connectivity index (χ4n) is 3.39. The Morgan fingerprint density at radius 1 is 1.21 bits per heavy atom. The van der Waals surface area contributed by atoms with Crippen LogP contribution < -0.4 is 9.62 Å². The number of carbonyl (C=O) groups excluding carboxylic acids is 1. The summed E-state index contributed by atoms with van der Waals surface area (Å²) in [6.07, 6.45) is 2.54. The molecule has 3 rings (SSSR count). The molecule has 0 saturated carbocycles.